The molecule has 0 heterocycles. The highest BCUT2D eigenvalue weighted by atomic mass is 16.6. The normalized spacial score (nSPS) is 9.76. The Morgan fingerprint density at radius 1 is 1.47 bits per heavy atom. The van der Waals surface area contributed by atoms with E-state index in [-0.39, 0.29) is 24.3 Å². The molecule has 0 aliphatic heterocycles. The van der Waals surface area contributed by atoms with Gasteiger partial charge in [-0.1, -0.05) is 6.07 Å². The second-order valence-electron chi connectivity index (χ2n) is 3.17. The Morgan fingerprint density at radius 2 is 2.24 bits per heavy atom. The largest absolute Gasteiger partial charge is 0.490 e. The van der Waals surface area contributed by atoms with Crippen LogP contribution in [0.4, 0.5) is 0 Å². The summed E-state index contributed by atoms with van der Waals surface area (Å²) in [4.78, 5) is 22.1. The zero-order valence-electron chi connectivity index (χ0n) is 9.51. The minimum absolute atomic E-state index is 0.0998. The number of para-hydroxylation sites is 1. The smallest absolute Gasteiger partial charge is 0.313 e. The van der Waals surface area contributed by atoms with Crippen LogP contribution < -0.4 is 9.47 Å². The first kappa shape index (κ1) is 13.2. The lowest BCUT2D eigenvalue weighted by Gasteiger charge is -2.11. The van der Waals surface area contributed by atoms with Gasteiger partial charge >= 0.3 is 5.97 Å². The summed E-state index contributed by atoms with van der Waals surface area (Å²) in [6, 6.07) is 4.77. The van der Waals surface area contributed by atoms with Crippen LogP contribution in [0.25, 0.3) is 0 Å². The maximum atomic E-state index is 11.3. The number of benzene rings is 1. The van der Waals surface area contributed by atoms with Gasteiger partial charge in [0.1, 0.15) is 0 Å². The topological polar surface area (TPSA) is 72.8 Å². The van der Waals surface area contributed by atoms with Crippen LogP contribution in [0.3, 0.4) is 0 Å². The van der Waals surface area contributed by atoms with Crippen LogP contribution in [0, 0.1) is 0 Å². The van der Waals surface area contributed by atoms with Crippen LogP contribution in [0.5, 0.6) is 11.5 Å². The number of aliphatic hydroxyl groups is 1. The third kappa shape index (κ3) is 3.57. The standard InChI is InChI=1S/C12H14O5/c1-2-16-10-5-3-4-9(8-14)12(10)17-11(15)6-7-13/h3-5,8,13H,2,6-7H2,1H3. The number of hydrogen-bond acceptors (Lipinski definition) is 5. The minimum atomic E-state index is -0.609. The van der Waals surface area contributed by atoms with E-state index in [1.807, 2.05) is 0 Å². The lowest BCUT2D eigenvalue weighted by atomic mass is 10.2. The molecule has 5 heteroatoms. The summed E-state index contributed by atoms with van der Waals surface area (Å²) in [6.45, 7) is 1.88. The first-order chi connectivity index (χ1) is 8.22. The Hall–Kier alpha value is -1.88. The second kappa shape index (κ2) is 6.65. The van der Waals surface area contributed by atoms with Gasteiger partial charge in [0.15, 0.2) is 17.8 Å². The van der Waals surface area contributed by atoms with Crippen LogP contribution in [0.2, 0.25) is 0 Å². The number of carbonyl (C=O) groups is 2. The van der Waals surface area contributed by atoms with E-state index in [1.54, 1.807) is 19.1 Å². The van der Waals surface area contributed by atoms with Crippen LogP contribution in [-0.2, 0) is 4.79 Å². The summed E-state index contributed by atoms with van der Waals surface area (Å²) in [7, 11) is 0. The van der Waals surface area contributed by atoms with Crippen molar-refractivity contribution in [3.8, 4) is 11.5 Å². The number of aliphatic hydroxyl groups excluding tert-OH is 1. The number of esters is 1. The molecule has 0 spiro atoms. The monoisotopic (exact) mass is 238 g/mol. The molecule has 0 fully saturated rings. The molecule has 0 atom stereocenters. The maximum absolute atomic E-state index is 11.3. The Labute approximate surface area is 99.0 Å². The van der Waals surface area contributed by atoms with Gasteiger partial charge in [0, 0.05) is 0 Å². The highest BCUT2D eigenvalue weighted by molar-refractivity contribution is 5.84. The highest BCUT2D eigenvalue weighted by Crippen LogP contribution is 2.30. The molecule has 17 heavy (non-hydrogen) atoms. The predicted octanol–water partition coefficient (Wildman–Crippen LogP) is 1.19. The van der Waals surface area contributed by atoms with E-state index in [0.717, 1.165) is 0 Å². The van der Waals surface area contributed by atoms with Gasteiger partial charge in [-0.15, -0.1) is 0 Å². The predicted molar refractivity (Wildman–Crippen MR) is 60.3 cm³/mol. The highest BCUT2D eigenvalue weighted by Gasteiger charge is 2.14. The van der Waals surface area contributed by atoms with Crippen molar-refractivity contribution >= 4 is 12.3 Å². The van der Waals surface area contributed by atoms with E-state index in [4.69, 9.17) is 14.6 Å². The van der Waals surface area contributed by atoms with Crippen LogP contribution in [-0.4, -0.2) is 30.6 Å². The van der Waals surface area contributed by atoms with Gasteiger partial charge in [-0.2, -0.15) is 0 Å². The molecule has 1 N–H and O–H groups in total. The van der Waals surface area contributed by atoms with Gasteiger partial charge in [-0.25, -0.2) is 0 Å². The van der Waals surface area contributed by atoms with Gasteiger partial charge in [-0.05, 0) is 19.1 Å². The maximum Gasteiger partial charge on any atom is 0.313 e. The molecular weight excluding hydrogens is 224 g/mol. The first-order valence-electron chi connectivity index (χ1n) is 5.25. The van der Waals surface area contributed by atoms with Crippen molar-refractivity contribution in [2.24, 2.45) is 0 Å². The zero-order chi connectivity index (χ0) is 12.7. The SMILES string of the molecule is CCOc1cccc(C=O)c1OC(=O)CCO. The molecule has 0 radical (unpaired) electrons. The quantitative estimate of drug-likeness (QED) is 0.457. The van der Waals surface area contributed by atoms with E-state index in [2.05, 4.69) is 0 Å². The van der Waals surface area contributed by atoms with E-state index in [0.29, 0.717) is 18.6 Å². The lowest BCUT2D eigenvalue weighted by molar-refractivity contribution is -0.135. The first-order valence-corrected chi connectivity index (χ1v) is 5.25. The van der Waals surface area contributed by atoms with Crippen molar-refractivity contribution in [3.63, 3.8) is 0 Å². The van der Waals surface area contributed by atoms with Crippen LogP contribution in [0.1, 0.15) is 23.7 Å². The molecular formula is C12H14O5. The molecule has 1 aromatic rings. The molecule has 0 saturated carbocycles. The van der Waals surface area contributed by atoms with Gasteiger partial charge in [0.2, 0.25) is 0 Å². The van der Waals surface area contributed by atoms with Gasteiger partial charge < -0.3 is 14.6 Å². The fraction of sp³-hybridized carbons (Fsp3) is 0.333. The molecule has 0 aliphatic rings. The van der Waals surface area contributed by atoms with Crippen molar-refractivity contribution < 1.29 is 24.2 Å². The molecule has 0 aromatic heterocycles. The van der Waals surface area contributed by atoms with Crippen molar-refractivity contribution in [2.45, 2.75) is 13.3 Å². The lowest BCUT2D eigenvalue weighted by Crippen LogP contribution is -2.12. The molecule has 1 aromatic carbocycles. The average molecular weight is 238 g/mol. The van der Waals surface area contributed by atoms with E-state index < -0.39 is 5.97 Å². The second-order valence-corrected chi connectivity index (χ2v) is 3.17. The summed E-state index contributed by atoms with van der Waals surface area (Å²) in [5.41, 5.74) is 0.238. The summed E-state index contributed by atoms with van der Waals surface area (Å²) < 4.78 is 10.3. The van der Waals surface area contributed by atoms with Crippen molar-refractivity contribution in [2.75, 3.05) is 13.2 Å². The Balaban J connectivity index is 2.99. The van der Waals surface area contributed by atoms with Crippen molar-refractivity contribution in [1.29, 1.82) is 0 Å². The van der Waals surface area contributed by atoms with Gasteiger partial charge in [0.25, 0.3) is 0 Å². The molecule has 0 saturated heterocycles. The average Bonchev–Trinajstić information content (AvgIpc) is 2.32. The Morgan fingerprint density at radius 3 is 2.82 bits per heavy atom. The molecule has 5 nitrogen and oxygen atoms in total. The molecule has 1 rings (SSSR count). The molecule has 0 aliphatic carbocycles. The number of rotatable bonds is 6. The van der Waals surface area contributed by atoms with Crippen LogP contribution >= 0.6 is 0 Å². The summed E-state index contributed by atoms with van der Waals surface area (Å²) >= 11 is 0. The molecule has 0 unspecified atom stereocenters. The number of ether oxygens (including phenoxy) is 2. The van der Waals surface area contributed by atoms with Gasteiger partial charge in [0.05, 0.1) is 25.2 Å². The van der Waals surface area contributed by atoms with Crippen molar-refractivity contribution in [3.05, 3.63) is 23.8 Å². The van der Waals surface area contributed by atoms with Crippen molar-refractivity contribution in [1.82, 2.24) is 0 Å². The molecule has 92 valence electrons. The number of aldehydes is 1. The Kier molecular flexibility index (Phi) is 5.16. The molecule has 0 bridgehead atoms. The summed E-state index contributed by atoms with van der Waals surface area (Å²) in [5.74, 6) is -0.172. The number of carbonyl (C=O) groups excluding carboxylic acids is 2. The van der Waals surface area contributed by atoms with E-state index in [9.17, 15) is 9.59 Å². The summed E-state index contributed by atoms with van der Waals surface area (Å²) in [6.07, 6.45) is 0.461. The third-order valence-corrected chi connectivity index (χ3v) is 1.97. The molecule has 0 amide bonds. The summed E-state index contributed by atoms with van der Waals surface area (Å²) in [5, 5.41) is 8.61. The Bertz CT molecular complexity index is 400. The van der Waals surface area contributed by atoms with Gasteiger partial charge in [-0.3, -0.25) is 9.59 Å². The minimum Gasteiger partial charge on any atom is -0.490 e. The zero-order valence-corrected chi connectivity index (χ0v) is 9.51. The van der Waals surface area contributed by atoms with E-state index >= 15 is 0 Å². The van der Waals surface area contributed by atoms with Crippen LogP contribution in [0.15, 0.2) is 18.2 Å². The third-order valence-electron chi connectivity index (χ3n) is 1.97. The fourth-order valence-corrected chi connectivity index (χ4v) is 1.26. The fourth-order valence-electron chi connectivity index (χ4n) is 1.26. The van der Waals surface area contributed by atoms with E-state index in [1.165, 1.54) is 6.07 Å². The number of hydrogen-bond donors (Lipinski definition) is 1.